The molecule has 1 aromatic heterocycles. The third kappa shape index (κ3) is 3.28. The molecule has 1 N–H and O–H groups in total. The van der Waals surface area contributed by atoms with E-state index in [4.69, 9.17) is 9.47 Å². The lowest BCUT2D eigenvalue weighted by Gasteiger charge is -2.61. The molecule has 4 fully saturated rings. The molecule has 1 atom stereocenters. The van der Waals surface area contributed by atoms with Crippen LogP contribution in [0.3, 0.4) is 0 Å². The predicted molar refractivity (Wildman–Crippen MR) is 152 cm³/mol. The highest BCUT2D eigenvalue weighted by Gasteiger charge is 2.58. The summed E-state index contributed by atoms with van der Waals surface area (Å²) in [6, 6.07) is 22.6. The molecule has 1 amide bonds. The number of carbonyl (C=O) groups excluding carboxylic acids is 1. The fourth-order valence-electron chi connectivity index (χ4n) is 9.12. The highest BCUT2D eigenvalue weighted by molar-refractivity contribution is 6.03. The maximum Gasteiger partial charge on any atom is 0.255 e. The van der Waals surface area contributed by atoms with Crippen LogP contribution in [-0.4, -0.2) is 35.5 Å². The topological polar surface area (TPSA) is 54.6 Å². The summed E-state index contributed by atoms with van der Waals surface area (Å²) in [4.78, 5) is 20.6. The number of hydrogen-bond donors (Lipinski definition) is 1. The number of ether oxygens (including phenoxy) is 2. The average molecular weight is 519 g/mol. The van der Waals surface area contributed by atoms with E-state index in [2.05, 4.69) is 46.3 Å². The zero-order valence-corrected chi connectivity index (χ0v) is 22.6. The van der Waals surface area contributed by atoms with E-state index in [1.807, 2.05) is 30.3 Å². The van der Waals surface area contributed by atoms with Gasteiger partial charge in [0.25, 0.3) is 5.91 Å². The van der Waals surface area contributed by atoms with Gasteiger partial charge in [-0.05, 0) is 92.2 Å². The summed E-state index contributed by atoms with van der Waals surface area (Å²) in [5.41, 5.74) is 6.06. The number of carbonyl (C=O) groups is 1. The smallest absolute Gasteiger partial charge is 0.255 e. The summed E-state index contributed by atoms with van der Waals surface area (Å²) in [6.45, 7) is 0. The van der Waals surface area contributed by atoms with Crippen molar-refractivity contribution in [2.45, 2.75) is 50.1 Å². The van der Waals surface area contributed by atoms with E-state index in [1.54, 1.807) is 14.2 Å². The standard InChI is InChI=1S/C34H34N2O3/c1-38-23-11-12-29(39-2)27(16-23)31-30(26-9-5-6-10-28(26)35-31)32-24-7-3-4-8-25(24)33(37)36(32)34-17-20-13-21(18-34)15-22(14-20)19-34/h3-12,16,20-22,32,35H,13-15,17-19H2,1-2H3/t20?,21?,22?,32-,34?/m0/s1. The molecule has 0 unspecified atom stereocenters. The van der Waals surface area contributed by atoms with E-state index < -0.39 is 0 Å². The molecule has 1 aliphatic heterocycles. The molecule has 4 aliphatic carbocycles. The Balaban J connectivity index is 1.40. The molecule has 0 radical (unpaired) electrons. The Morgan fingerprint density at radius 1 is 0.821 bits per heavy atom. The quantitative estimate of drug-likeness (QED) is 0.300. The molecular formula is C34H34N2O3. The summed E-state index contributed by atoms with van der Waals surface area (Å²) < 4.78 is 11.5. The van der Waals surface area contributed by atoms with Crippen molar-refractivity contribution < 1.29 is 14.3 Å². The molecule has 4 aromatic rings. The second kappa shape index (κ2) is 8.38. The largest absolute Gasteiger partial charge is 0.497 e. The van der Waals surface area contributed by atoms with Crippen molar-refractivity contribution in [3.8, 4) is 22.8 Å². The van der Waals surface area contributed by atoms with Crippen molar-refractivity contribution >= 4 is 16.8 Å². The second-order valence-electron chi connectivity index (χ2n) is 12.3. The van der Waals surface area contributed by atoms with Gasteiger partial charge < -0.3 is 19.4 Å². The highest BCUT2D eigenvalue weighted by atomic mass is 16.5. The number of aromatic nitrogens is 1. The summed E-state index contributed by atoms with van der Waals surface area (Å²) in [5, 5.41) is 1.15. The fraction of sp³-hybridized carbons (Fsp3) is 0.382. The van der Waals surface area contributed by atoms with Crippen molar-refractivity contribution in [3.05, 3.63) is 83.4 Å². The van der Waals surface area contributed by atoms with Gasteiger partial charge in [0, 0.05) is 33.1 Å². The van der Waals surface area contributed by atoms with Crippen molar-refractivity contribution in [2.75, 3.05) is 14.2 Å². The Hall–Kier alpha value is -3.73. The Kier molecular flexibility index (Phi) is 4.98. The molecule has 9 rings (SSSR count). The highest BCUT2D eigenvalue weighted by Crippen LogP contribution is 2.61. The van der Waals surface area contributed by atoms with Gasteiger partial charge in [0.2, 0.25) is 0 Å². The fourth-order valence-corrected chi connectivity index (χ4v) is 9.12. The van der Waals surface area contributed by atoms with E-state index in [0.29, 0.717) is 0 Å². The minimum absolute atomic E-state index is 0.0797. The van der Waals surface area contributed by atoms with Crippen LogP contribution in [0.25, 0.3) is 22.2 Å². The summed E-state index contributed by atoms with van der Waals surface area (Å²) in [7, 11) is 3.40. The number of aromatic amines is 1. The minimum atomic E-state index is -0.160. The number of H-pyrrole nitrogens is 1. The lowest BCUT2D eigenvalue weighted by atomic mass is 9.52. The lowest BCUT2D eigenvalue weighted by molar-refractivity contribution is -0.0805. The molecule has 198 valence electrons. The molecule has 5 aliphatic rings. The van der Waals surface area contributed by atoms with Crippen molar-refractivity contribution in [1.29, 1.82) is 0 Å². The Labute approximate surface area is 229 Å². The van der Waals surface area contributed by atoms with Crippen LogP contribution in [-0.2, 0) is 0 Å². The Bertz CT molecular complexity index is 1580. The van der Waals surface area contributed by atoms with Gasteiger partial charge in [-0.15, -0.1) is 0 Å². The molecule has 0 spiro atoms. The number of benzene rings is 3. The van der Waals surface area contributed by atoms with Gasteiger partial charge in [0.15, 0.2) is 0 Å². The van der Waals surface area contributed by atoms with E-state index in [-0.39, 0.29) is 17.5 Å². The third-order valence-electron chi connectivity index (χ3n) is 10.2. The van der Waals surface area contributed by atoms with Gasteiger partial charge >= 0.3 is 0 Å². The lowest BCUT2D eigenvalue weighted by Crippen LogP contribution is -2.61. The first-order valence-electron chi connectivity index (χ1n) is 14.3. The molecule has 0 saturated heterocycles. The number of nitrogens with zero attached hydrogens (tertiary/aromatic N) is 1. The molecule has 5 nitrogen and oxygen atoms in total. The first-order valence-corrected chi connectivity index (χ1v) is 14.3. The van der Waals surface area contributed by atoms with Crippen LogP contribution in [0, 0.1) is 17.8 Å². The number of amides is 1. The van der Waals surface area contributed by atoms with Gasteiger partial charge in [0.1, 0.15) is 11.5 Å². The maximum absolute atomic E-state index is 14.5. The SMILES string of the molecule is COc1ccc(OC)c(-c2[nH]c3ccccc3c2[C@@H]2c3ccccc3C(=O)N2C23CC4CC(CC(C4)C2)C3)c1. The number of hydrogen-bond acceptors (Lipinski definition) is 3. The zero-order chi connectivity index (χ0) is 26.3. The normalized spacial score (nSPS) is 28.8. The summed E-state index contributed by atoms with van der Waals surface area (Å²) in [6.07, 6.45) is 7.44. The number of methoxy groups -OCH3 is 2. The molecule has 4 saturated carbocycles. The zero-order valence-electron chi connectivity index (χ0n) is 22.6. The van der Waals surface area contributed by atoms with Crippen LogP contribution in [0.5, 0.6) is 11.5 Å². The van der Waals surface area contributed by atoms with E-state index in [9.17, 15) is 4.79 Å². The van der Waals surface area contributed by atoms with Gasteiger partial charge in [0.05, 0.1) is 26.0 Å². The van der Waals surface area contributed by atoms with Crippen LogP contribution >= 0.6 is 0 Å². The second-order valence-corrected chi connectivity index (χ2v) is 12.3. The maximum atomic E-state index is 14.5. The molecular weight excluding hydrogens is 484 g/mol. The van der Waals surface area contributed by atoms with E-state index >= 15 is 0 Å². The van der Waals surface area contributed by atoms with Gasteiger partial charge in [-0.3, -0.25) is 4.79 Å². The van der Waals surface area contributed by atoms with Gasteiger partial charge in [-0.2, -0.15) is 0 Å². The Morgan fingerprint density at radius 3 is 2.23 bits per heavy atom. The van der Waals surface area contributed by atoms with Crippen LogP contribution in [0.15, 0.2) is 66.7 Å². The molecule has 4 bridgehead atoms. The van der Waals surface area contributed by atoms with Gasteiger partial charge in [-0.25, -0.2) is 0 Å². The summed E-state index contributed by atoms with van der Waals surface area (Å²) >= 11 is 0. The van der Waals surface area contributed by atoms with Crippen LogP contribution in [0.1, 0.15) is 66.1 Å². The number of fused-ring (bicyclic) bond motifs is 2. The van der Waals surface area contributed by atoms with Crippen molar-refractivity contribution in [1.82, 2.24) is 9.88 Å². The van der Waals surface area contributed by atoms with Crippen LogP contribution in [0.2, 0.25) is 0 Å². The minimum Gasteiger partial charge on any atom is -0.497 e. The first-order chi connectivity index (χ1) is 19.1. The average Bonchev–Trinajstić information content (AvgIpc) is 3.47. The van der Waals surface area contributed by atoms with Crippen LogP contribution in [0.4, 0.5) is 0 Å². The molecule has 3 aromatic carbocycles. The first kappa shape index (κ1) is 23.2. The summed E-state index contributed by atoms with van der Waals surface area (Å²) in [5.74, 6) is 3.99. The van der Waals surface area contributed by atoms with E-state index in [0.717, 1.165) is 87.4 Å². The number of para-hydroxylation sites is 1. The predicted octanol–water partition coefficient (Wildman–Crippen LogP) is 7.37. The third-order valence-corrected chi connectivity index (χ3v) is 10.2. The molecule has 5 heteroatoms. The van der Waals surface area contributed by atoms with Gasteiger partial charge in [-0.1, -0.05) is 36.4 Å². The monoisotopic (exact) mass is 518 g/mol. The number of rotatable bonds is 5. The molecule has 39 heavy (non-hydrogen) atoms. The van der Waals surface area contributed by atoms with Crippen molar-refractivity contribution in [3.63, 3.8) is 0 Å². The molecule has 2 heterocycles. The van der Waals surface area contributed by atoms with E-state index in [1.165, 1.54) is 19.3 Å². The van der Waals surface area contributed by atoms with Crippen LogP contribution < -0.4 is 9.47 Å². The van der Waals surface area contributed by atoms with Crippen molar-refractivity contribution in [2.24, 2.45) is 17.8 Å². The Morgan fingerprint density at radius 2 is 1.51 bits per heavy atom. The number of nitrogens with one attached hydrogen (secondary N) is 1.